The van der Waals surface area contributed by atoms with E-state index in [9.17, 15) is 0 Å². The van der Waals surface area contributed by atoms with Crippen LogP contribution in [0.3, 0.4) is 0 Å². The average molecular weight is 187 g/mol. The topological polar surface area (TPSA) is 30.8 Å². The van der Waals surface area contributed by atoms with Crippen LogP contribution in [0.1, 0.15) is 6.42 Å². The molecule has 0 N–H and O–H groups in total. The van der Waals surface area contributed by atoms with Crippen LogP contribution >= 0.6 is 0 Å². The number of rotatable bonds is 3. The molecule has 1 unspecified atom stereocenters. The Morgan fingerprint density at radius 1 is 1.50 bits per heavy atom. The second-order valence-corrected chi connectivity index (χ2v) is 8.49. The molecule has 70 valence electrons. The summed E-state index contributed by atoms with van der Waals surface area (Å²) in [4.78, 5) is 0. The first-order valence-electron chi connectivity index (χ1n) is 4.37. The summed E-state index contributed by atoms with van der Waals surface area (Å²) in [6, 6.07) is 0. The average Bonchev–Trinajstić information content (AvgIpc) is 2.36. The SMILES string of the molecule is C[Si](C)(C)ON=CC1CCOC1. The van der Waals surface area contributed by atoms with Crippen molar-refractivity contribution < 1.29 is 9.26 Å². The predicted molar refractivity (Wildman–Crippen MR) is 51.8 cm³/mol. The summed E-state index contributed by atoms with van der Waals surface area (Å²) < 4.78 is 10.5. The Kier molecular flexibility index (Phi) is 3.28. The van der Waals surface area contributed by atoms with Gasteiger partial charge in [0.1, 0.15) is 0 Å². The minimum atomic E-state index is -1.47. The molecule has 0 radical (unpaired) electrons. The highest BCUT2D eigenvalue weighted by molar-refractivity contribution is 6.69. The predicted octanol–water partition coefficient (Wildman–Crippen LogP) is 1.86. The van der Waals surface area contributed by atoms with Crippen LogP contribution in [-0.2, 0) is 9.26 Å². The summed E-state index contributed by atoms with van der Waals surface area (Å²) in [6.45, 7) is 8.03. The van der Waals surface area contributed by atoms with E-state index >= 15 is 0 Å². The third-order valence-electron chi connectivity index (χ3n) is 1.56. The van der Waals surface area contributed by atoms with Crippen molar-refractivity contribution in [2.24, 2.45) is 11.1 Å². The van der Waals surface area contributed by atoms with E-state index in [-0.39, 0.29) is 0 Å². The molecule has 0 saturated carbocycles. The molecule has 1 fully saturated rings. The van der Waals surface area contributed by atoms with E-state index < -0.39 is 8.32 Å². The number of hydrogen-bond donors (Lipinski definition) is 0. The fourth-order valence-electron chi connectivity index (χ4n) is 0.945. The summed E-state index contributed by atoms with van der Waals surface area (Å²) in [5.41, 5.74) is 0. The normalized spacial score (nSPS) is 25.1. The van der Waals surface area contributed by atoms with Gasteiger partial charge in [-0.2, -0.15) is 0 Å². The molecule has 0 aromatic carbocycles. The Morgan fingerprint density at radius 2 is 2.25 bits per heavy atom. The first kappa shape index (κ1) is 9.73. The van der Waals surface area contributed by atoms with E-state index in [1.807, 2.05) is 6.21 Å². The van der Waals surface area contributed by atoms with Crippen LogP contribution in [0.2, 0.25) is 19.6 Å². The fraction of sp³-hybridized carbons (Fsp3) is 0.875. The second-order valence-electron chi connectivity index (χ2n) is 4.08. The quantitative estimate of drug-likeness (QED) is 0.383. The zero-order chi connectivity index (χ0) is 9.03. The van der Waals surface area contributed by atoms with Crippen LogP contribution < -0.4 is 0 Å². The molecule has 12 heavy (non-hydrogen) atoms. The van der Waals surface area contributed by atoms with Gasteiger partial charge in [0.15, 0.2) is 0 Å². The highest BCUT2D eigenvalue weighted by atomic mass is 28.4. The molecule has 1 atom stereocenters. The number of nitrogens with zero attached hydrogens (tertiary/aromatic N) is 1. The molecule has 1 aliphatic heterocycles. The Bertz CT molecular complexity index is 159. The van der Waals surface area contributed by atoms with Crippen molar-refractivity contribution in [3.8, 4) is 0 Å². The van der Waals surface area contributed by atoms with E-state index in [0.717, 1.165) is 19.6 Å². The van der Waals surface area contributed by atoms with Crippen molar-refractivity contribution >= 4 is 14.5 Å². The van der Waals surface area contributed by atoms with Gasteiger partial charge in [-0.15, -0.1) is 5.16 Å². The number of hydrogen-bond acceptors (Lipinski definition) is 3. The lowest BCUT2D eigenvalue weighted by Crippen LogP contribution is -2.22. The third kappa shape index (κ3) is 3.87. The van der Waals surface area contributed by atoms with Crippen LogP contribution in [0.5, 0.6) is 0 Å². The molecule has 0 aromatic heterocycles. The van der Waals surface area contributed by atoms with Crippen molar-refractivity contribution in [1.29, 1.82) is 0 Å². The standard InChI is InChI=1S/C8H17NO2Si/c1-12(2,3)11-9-6-8-4-5-10-7-8/h6,8H,4-5,7H2,1-3H3. The van der Waals surface area contributed by atoms with Crippen molar-refractivity contribution in [1.82, 2.24) is 0 Å². The van der Waals surface area contributed by atoms with Gasteiger partial charge in [0.25, 0.3) is 8.32 Å². The summed E-state index contributed by atoms with van der Waals surface area (Å²) in [7, 11) is -1.47. The van der Waals surface area contributed by atoms with E-state index in [4.69, 9.17) is 9.26 Å². The minimum Gasteiger partial charge on any atom is -0.456 e. The third-order valence-corrected chi connectivity index (χ3v) is 2.22. The Balaban J connectivity index is 2.21. The van der Waals surface area contributed by atoms with Crippen LogP contribution in [0, 0.1) is 5.92 Å². The summed E-state index contributed by atoms with van der Waals surface area (Å²) in [6.07, 6.45) is 2.96. The van der Waals surface area contributed by atoms with Crippen LogP contribution in [0.25, 0.3) is 0 Å². The van der Waals surface area contributed by atoms with Gasteiger partial charge in [-0.3, -0.25) is 0 Å². The van der Waals surface area contributed by atoms with E-state index in [1.165, 1.54) is 0 Å². The highest BCUT2D eigenvalue weighted by Gasteiger charge is 2.17. The molecule has 0 aromatic rings. The van der Waals surface area contributed by atoms with Gasteiger partial charge in [-0.25, -0.2) is 0 Å². The van der Waals surface area contributed by atoms with E-state index in [0.29, 0.717) is 5.92 Å². The van der Waals surface area contributed by atoms with Crippen molar-refractivity contribution in [3.63, 3.8) is 0 Å². The molecule has 1 rings (SSSR count). The minimum absolute atomic E-state index is 0.473. The van der Waals surface area contributed by atoms with Gasteiger partial charge >= 0.3 is 0 Å². The first-order valence-corrected chi connectivity index (χ1v) is 7.78. The van der Waals surface area contributed by atoms with Gasteiger partial charge in [0.05, 0.1) is 6.61 Å². The van der Waals surface area contributed by atoms with Crippen molar-refractivity contribution in [2.75, 3.05) is 13.2 Å². The maximum absolute atomic E-state index is 5.34. The van der Waals surface area contributed by atoms with Gasteiger partial charge < -0.3 is 9.26 Å². The Hall–Kier alpha value is -0.353. The number of oxime groups is 1. The first-order chi connectivity index (χ1) is 5.58. The highest BCUT2D eigenvalue weighted by Crippen LogP contribution is 2.10. The molecular formula is C8H17NO2Si. The van der Waals surface area contributed by atoms with Crippen molar-refractivity contribution in [3.05, 3.63) is 0 Å². The smallest absolute Gasteiger partial charge is 0.278 e. The molecule has 0 amide bonds. The lowest BCUT2D eigenvalue weighted by molar-refractivity contribution is 0.193. The molecule has 4 heteroatoms. The summed E-state index contributed by atoms with van der Waals surface area (Å²) in [5.74, 6) is 0.473. The molecular weight excluding hydrogens is 170 g/mol. The lowest BCUT2D eigenvalue weighted by atomic mass is 10.1. The maximum Gasteiger partial charge on any atom is 0.278 e. The lowest BCUT2D eigenvalue weighted by Gasteiger charge is -2.12. The van der Waals surface area contributed by atoms with E-state index in [1.54, 1.807) is 0 Å². The zero-order valence-corrected chi connectivity index (χ0v) is 9.04. The van der Waals surface area contributed by atoms with Gasteiger partial charge in [-0.05, 0) is 26.1 Å². The Morgan fingerprint density at radius 3 is 2.75 bits per heavy atom. The molecule has 0 spiro atoms. The van der Waals surface area contributed by atoms with E-state index in [2.05, 4.69) is 24.8 Å². The molecule has 0 bridgehead atoms. The summed E-state index contributed by atoms with van der Waals surface area (Å²) in [5, 5.41) is 3.98. The molecule has 1 aliphatic rings. The second kappa shape index (κ2) is 4.05. The van der Waals surface area contributed by atoms with Crippen LogP contribution in [-0.4, -0.2) is 27.7 Å². The van der Waals surface area contributed by atoms with Gasteiger partial charge in [-0.1, -0.05) is 0 Å². The Labute approximate surface area is 74.9 Å². The van der Waals surface area contributed by atoms with Crippen LogP contribution in [0.15, 0.2) is 5.16 Å². The molecule has 1 saturated heterocycles. The maximum atomic E-state index is 5.34. The summed E-state index contributed by atoms with van der Waals surface area (Å²) >= 11 is 0. The molecule has 3 nitrogen and oxygen atoms in total. The zero-order valence-electron chi connectivity index (χ0n) is 8.04. The monoisotopic (exact) mass is 187 g/mol. The fourth-order valence-corrected chi connectivity index (χ4v) is 1.32. The molecule has 0 aliphatic carbocycles. The van der Waals surface area contributed by atoms with Gasteiger partial charge in [0.2, 0.25) is 0 Å². The van der Waals surface area contributed by atoms with Crippen molar-refractivity contribution in [2.45, 2.75) is 26.1 Å². The number of ether oxygens (including phenoxy) is 1. The largest absolute Gasteiger partial charge is 0.456 e. The van der Waals surface area contributed by atoms with Gasteiger partial charge in [0, 0.05) is 18.7 Å². The van der Waals surface area contributed by atoms with Crippen LogP contribution in [0.4, 0.5) is 0 Å². The molecule has 1 heterocycles.